The van der Waals surface area contributed by atoms with E-state index in [1.165, 1.54) is 11.6 Å². The molecular formula is C13H14O3. The monoisotopic (exact) mass is 218 g/mol. The number of hydrogen-bond acceptors (Lipinski definition) is 2. The summed E-state index contributed by atoms with van der Waals surface area (Å²) in [4.78, 5) is 10.7. The maximum absolute atomic E-state index is 10.7. The van der Waals surface area contributed by atoms with Gasteiger partial charge in [0.1, 0.15) is 5.75 Å². The molecule has 0 atom stereocenters. The summed E-state index contributed by atoms with van der Waals surface area (Å²) in [5, 5.41) is 8.77. The molecule has 0 fully saturated rings. The van der Waals surface area contributed by atoms with Crippen LogP contribution in [0.4, 0.5) is 0 Å². The number of ether oxygens (including phenoxy) is 1. The lowest BCUT2D eigenvalue weighted by Crippen LogP contribution is -1.92. The van der Waals surface area contributed by atoms with Crippen molar-refractivity contribution >= 4 is 11.5 Å². The Kier molecular flexibility index (Phi) is 2.69. The Balaban J connectivity index is 2.49. The summed E-state index contributed by atoms with van der Waals surface area (Å²) in [6.45, 7) is 1.97. The molecule has 0 radical (unpaired) electrons. The van der Waals surface area contributed by atoms with Crippen molar-refractivity contribution in [2.45, 2.75) is 19.8 Å². The van der Waals surface area contributed by atoms with E-state index in [-0.39, 0.29) is 0 Å². The topological polar surface area (TPSA) is 46.5 Å². The third kappa shape index (κ3) is 1.81. The molecule has 3 nitrogen and oxygen atoms in total. The molecule has 1 aromatic rings. The summed E-state index contributed by atoms with van der Waals surface area (Å²) in [6, 6.07) is 4.02. The SMILES string of the molecule is COc1cc2c(cc1C)/C(=C/C(=O)O)CC2. The molecule has 0 amide bonds. The van der Waals surface area contributed by atoms with Crippen molar-refractivity contribution in [2.24, 2.45) is 0 Å². The Morgan fingerprint density at radius 2 is 2.19 bits per heavy atom. The van der Waals surface area contributed by atoms with Crippen molar-refractivity contribution in [1.82, 2.24) is 0 Å². The summed E-state index contributed by atoms with van der Waals surface area (Å²) >= 11 is 0. The lowest BCUT2D eigenvalue weighted by molar-refractivity contribution is -0.131. The Morgan fingerprint density at radius 3 is 2.81 bits per heavy atom. The zero-order valence-corrected chi connectivity index (χ0v) is 9.41. The van der Waals surface area contributed by atoms with Gasteiger partial charge in [0.15, 0.2) is 0 Å². The Bertz CT molecular complexity index is 472. The van der Waals surface area contributed by atoms with E-state index in [9.17, 15) is 4.79 Å². The van der Waals surface area contributed by atoms with Crippen LogP contribution in [0.5, 0.6) is 5.75 Å². The van der Waals surface area contributed by atoms with E-state index in [2.05, 4.69) is 0 Å². The molecule has 0 saturated carbocycles. The quantitative estimate of drug-likeness (QED) is 0.775. The molecular weight excluding hydrogens is 204 g/mol. The van der Waals surface area contributed by atoms with Gasteiger partial charge in [-0.3, -0.25) is 0 Å². The predicted octanol–water partition coefficient (Wildman–Crippen LogP) is 2.42. The van der Waals surface area contributed by atoms with Crippen molar-refractivity contribution in [3.8, 4) is 5.75 Å². The van der Waals surface area contributed by atoms with Gasteiger partial charge in [0.2, 0.25) is 0 Å². The highest BCUT2D eigenvalue weighted by Gasteiger charge is 2.18. The van der Waals surface area contributed by atoms with E-state index in [0.29, 0.717) is 0 Å². The van der Waals surface area contributed by atoms with Crippen LogP contribution < -0.4 is 4.74 Å². The van der Waals surface area contributed by atoms with Crippen LogP contribution >= 0.6 is 0 Å². The first-order chi connectivity index (χ1) is 7.61. The fraction of sp³-hybridized carbons (Fsp3) is 0.308. The van der Waals surface area contributed by atoms with Gasteiger partial charge in [0.25, 0.3) is 0 Å². The molecule has 1 N–H and O–H groups in total. The molecule has 84 valence electrons. The second-order valence-corrected chi connectivity index (χ2v) is 3.99. The van der Waals surface area contributed by atoms with Gasteiger partial charge < -0.3 is 9.84 Å². The normalized spacial score (nSPS) is 16.2. The molecule has 1 aromatic carbocycles. The predicted molar refractivity (Wildman–Crippen MR) is 61.7 cm³/mol. The second kappa shape index (κ2) is 4.00. The molecule has 0 unspecified atom stereocenters. The van der Waals surface area contributed by atoms with E-state index < -0.39 is 5.97 Å². The highest BCUT2D eigenvalue weighted by molar-refractivity contribution is 5.91. The van der Waals surface area contributed by atoms with E-state index in [1.807, 2.05) is 19.1 Å². The first kappa shape index (κ1) is 10.7. The number of carboxylic acids is 1. The third-order valence-electron chi connectivity index (χ3n) is 2.93. The number of fused-ring (bicyclic) bond motifs is 1. The number of carboxylic acid groups (broad SMARTS) is 1. The number of aryl methyl sites for hydroxylation is 2. The number of methoxy groups -OCH3 is 1. The molecule has 1 aliphatic carbocycles. The van der Waals surface area contributed by atoms with E-state index in [1.54, 1.807) is 7.11 Å². The zero-order chi connectivity index (χ0) is 11.7. The van der Waals surface area contributed by atoms with E-state index in [4.69, 9.17) is 9.84 Å². The fourth-order valence-corrected chi connectivity index (χ4v) is 2.16. The minimum Gasteiger partial charge on any atom is -0.496 e. The summed E-state index contributed by atoms with van der Waals surface area (Å²) in [5.74, 6) is -0.00774. The van der Waals surface area contributed by atoms with Crippen LogP contribution in [0.2, 0.25) is 0 Å². The first-order valence-corrected chi connectivity index (χ1v) is 5.23. The van der Waals surface area contributed by atoms with Crippen LogP contribution in [0, 0.1) is 6.92 Å². The third-order valence-corrected chi connectivity index (χ3v) is 2.93. The highest BCUT2D eigenvalue weighted by Crippen LogP contribution is 2.36. The van der Waals surface area contributed by atoms with Gasteiger partial charge in [0.05, 0.1) is 7.11 Å². The van der Waals surface area contributed by atoms with Crippen molar-refractivity contribution in [1.29, 1.82) is 0 Å². The van der Waals surface area contributed by atoms with E-state index in [0.717, 1.165) is 35.3 Å². The van der Waals surface area contributed by atoms with Gasteiger partial charge in [-0.2, -0.15) is 0 Å². The highest BCUT2D eigenvalue weighted by atomic mass is 16.5. The largest absolute Gasteiger partial charge is 0.496 e. The van der Waals surface area contributed by atoms with Crippen molar-refractivity contribution in [3.63, 3.8) is 0 Å². The van der Waals surface area contributed by atoms with E-state index >= 15 is 0 Å². The molecule has 2 rings (SSSR count). The lowest BCUT2D eigenvalue weighted by Gasteiger charge is -2.08. The van der Waals surface area contributed by atoms with Gasteiger partial charge in [0, 0.05) is 6.08 Å². The van der Waals surface area contributed by atoms with Gasteiger partial charge >= 0.3 is 5.97 Å². The smallest absolute Gasteiger partial charge is 0.328 e. The minimum absolute atomic E-state index is 0.800. The average Bonchev–Trinajstić information content (AvgIpc) is 2.59. The minimum atomic E-state index is -0.878. The maximum Gasteiger partial charge on any atom is 0.328 e. The Labute approximate surface area is 94.4 Å². The van der Waals surface area contributed by atoms with Crippen molar-refractivity contribution in [2.75, 3.05) is 7.11 Å². The number of allylic oxidation sites excluding steroid dienone is 1. The average molecular weight is 218 g/mol. The van der Waals surface area contributed by atoms with Crippen LogP contribution in [0.1, 0.15) is 23.1 Å². The zero-order valence-electron chi connectivity index (χ0n) is 9.41. The summed E-state index contributed by atoms with van der Waals surface area (Å²) in [5.41, 5.74) is 4.18. The fourth-order valence-electron chi connectivity index (χ4n) is 2.16. The Hall–Kier alpha value is -1.77. The molecule has 0 bridgehead atoms. The molecule has 0 saturated heterocycles. The number of benzene rings is 1. The van der Waals surface area contributed by atoms with Crippen LogP contribution in [-0.2, 0) is 11.2 Å². The van der Waals surface area contributed by atoms with Crippen molar-refractivity contribution < 1.29 is 14.6 Å². The number of rotatable bonds is 2. The van der Waals surface area contributed by atoms with Gasteiger partial charge in [-0.25, -0.2) is 4.79 Å². The van der Waals surface area contributed by atoms with Crippen LogP contribution in [0.25, 0.3) is 5.57 Å². The summed E-state index contributed by atoms with van der Waals surface area (Å²) in [6.07, 6.45) is 3.00. The van der Waals surface area contributed by atoms with Crippen LogP contribution in [0.15, 0.2) is 18.2 Å². The van der Waals surface area contributed by atoms with Gasteiger partial charge in [-0.05, 0) is 54.2 Å². The molecule has 1 aliphatic rings. The summed E-state index contributed by atoms with van der Waals surface area (Å²) in [7, 11) is 1.65. The maximum atomic E-state index is 10.7. The Morgan fingerprint density at radius 1 is 1.44 bits per heavy atom. The standard InChI is InChI=1S/C13H14O3/c1-8-5-11-9(6-12(8)16-2)3-4-10(11)7-13(14)15/h5-7H,3-4H2,1-2H3,(H,14,15)/b10-7+. The lowest BCUT2D eigenvalue weighted by atomic mass is 10.0. The molecule has 0 heterocycles. The number of carbonyl (C=O) groups is 1. The first-order valence-electron chi connectivity index (χ1n) is 5.23. The van der Waals surface area contributed by atoms with Crippen LogP contribution in [-0.4, -0.2) is 18.2 Å². The second-order valence-electron chi connectivity index (χ2n) is 3.99. The molecule has 16 heavy (non-hydrogen) atoms. The number of hydrogen-bond donors (Lipinski definition) is 1. The van der Waals surface area contributed by atoms with Crippen LogP contribution in [0.3, 0.4) is 0 Å². The molecule has 0 aliphatic heterocycles. The number of aliphatic carboxylic acids is 1. The summed E-state index contributed by atoms with van der Waals surface area (Å²) < 4.78 is 5.25. The van der Waals surface area contributed by atoms with Gasteiger partial charge in [-0.1, -0.05) is 0 Å². The van der Waals surface area contributed by atoms with Crippen molar-refractivity contribution in [3.05, 3.63) is 34.9 Å². The molecule has 0 aromatic heterocycles. The molecule has 3 heteroatoms. The molecule has 0 spiro atoms. The van der Waals surface area contributed by atoms with Gasteiger partial charge in [-0.15, -0.1) is 0 Å².